The maximum absolute atomic E-state index is 12.2. The van der Waals surface area contributed by atoms with Gasteiger partial charge in [-0.3, -0.25) is 4.90 Å². The molecular formula is C29H39NO4. The second-order valence-corrected chi connectivity index (χ2v) is 13.4. The molecule has 8 rings (SSSR count). The Labute approximate surface area is 203 Å². The number of rotatable bonds is 4. The Balaban J connectivity index is 1.49. The van der Waals surface area contributed by atoms with E-state index in [0.29, 0.717) is 11.8 Å². The standard InChI is InChI=1S/C29H39NO4/c1-25(2,3)26(4,32)20-15-27-10-11-29(20,33-5)24-28(27)12-13-30(16-17-6-7-17)21(27)14-18-8-9-19(31)23(34-24)22(18)28/h8-11,17,20-21,24,31-32H,6-7,12-16H2,1-5H3/t20-,21-,24-,26+,27-,28+,29+/m1/s1. The third-order valence-electron chi connectivity index (χ3n) is 11.3. The minimum absolute atomic E-state index is 0.116. The molecule has 2 aliphatic heterocycles. The number of aromatic hydroxyl groups is 1. The zero-order chi connectivity index (χ0) is 23.9. The Morgan fingerprint density at radius 3 is 2.62 bits per heavy atom. The summed E-state index contributed by atoms with van der Waals surface area (Å²) >= 11 is 0. The van der Waals surface area contributed by atoms with Crippen LogP contribution in [-0.4, -0.2) is 58.7 Å². The van der Waals surface area contributed by atoms with Crippen molar-refractivity contribution in [3.05, 3.63) is 35.4 Å². The molecule has 7 aliphatic rings. The van der Waals surface area contributed by atoms with Gasteiger partial charge in [-0.15, -0.1) is 0 Å². The number of hydrogen-bond donors (Lipinski definition) is 2. The van der Waals surface area contributed by atoms with Crippen LogP contribution in [0.5, 0.6) is 11.5 Å². The fraction of sp³-hybridized carbons (Fsp3) is 0.724. The molecule has 1 aromatic rings. The van der Waals surface area contributed by atoms with Crippen molar-refractivity contribution in [2.75, 3.05) is 20.2 Å². The fourth-order valence-electron chi connectivity index (χ4n) is 8.94. The lowest BCUT2D eigenvalue weighted by Crippen LogP contribution is -2.81. The van der Waals surface area contributed by atoms with E-state index >= 15 is 0 Å². The van der Waals surface area contributed by atoms with Crippen molar-refractivity contribution in [1.82, 2.24) is 4.90 Å². The van der Waals surface area contributed by atoms with Crippen LogP contribution in [0.15, 0.2) is 24.3 Å². The number of nitrogens with zero attached hydrogens (tertiary/aromatic N) is 1. The highest BCUT2D eigenvalue weighted by Crippen LogP contribution is 2.76. The van der Waals surface area contributed by atoms with Crippen molar-refractivity contribution in [3.8, 4) is 11.5 Å². The monoisotopic (exact) mass is 465 g/mol. The Morgan fingerprint density at radius 1 is 1.18 bits per heavy atom. The molecule has 1 saturated heterocycles. The first kappa shape index (κ1) is 21.7. The maximum Gasteiger partial charge on any atom is 0.165 e. The number of phenolic OH excluding ortho intramolecular Hbond substituents is 1. The van der Waals surface area contributed by atoms with Crippen LogP contribution in [0.3, 0.4) is 0 Å². The lowest BCUT2D eigenvalue weighted by Gasteiger charge is -2.73. The smallest absolute Gasteiger partial charge is 0.165 e. The molecule has 0 radical (unpaired) electrons. The molecule has 1 aromatic carbocycles. The Morgan fingerprint density at radius 2 is 1.94 bits per heavy atom. The predicted octanol–water partition coefficient (Wildman–Crippen LogP) is 4.19. The first-order chi connectivity index (χ1) is 16.0. The number of likely N-dealkylation sites (tertiary alicyclic amines) is 1. The summed E-state index contributed by atoms with van der Waals surface area (Å²) in [5.41, 5.74) is 0.165. The number of hydrogen-bond acceptors (Lipinski definition) is 5. The lowest BCUT2D eigenvalue weighted by atomic mass is 9.35. The quantitative estimate of drug-likeness (QED) is 0.653. The number of ether oxygens (including phenoxy) is 2. The fourth-order valence-corrected chi connectivity index (χ4v) is 8.94. The molecule has 5 nitrogen and oxygen atoms in total. The summed E-state index contributed by atoms with van der Waals surface area (Å²) in [6.07, 6.45) is 10.0. The third kappa shape index (κ3) is 2.20. The summed E-state index contributed by atoms with van der Waals surface area (Å²) in [4.78, 5) is 2.77. The molecule has 2 saturated carbocycles. The van der Waals surface area contributed by atoms with Crippen molar-refractivity contribution in [2.45, 2.75) is 88.6 Å². The van der Waals surface area contributed by atoms with E-state index in [0.717, 1.165) is 31.7 Å². The van der Waals surface area contributed by atoms with Gasteiger partial charge in [0.1, 0.15) is 11.7 Å². The Bertz CT molecular complexity index is 1100. The van der Waals surface area contributed by atoms with E-state index in [1.807, 2.05) is 13.0 Å². The molecule has 7 atom stereocenters. The molecule has 3 fully saturated rings. The topological polar surface area (TPSA) is 62.2 Å². The molecule has 2 heterocycles. The van der Waals surface area contributed by atoms with Crippen molar-refractivity contribution in [1.29, 1.82) is 0 Å². The van der Waals surface area contributed by atoms with Crippen LogP contribution in [0.1, 0.15) is 64.5 Å². The van der Waals surface area contributed by atoms with Gasteiger partial charge in [-0.25, -0.2) is 0 Å². The van der Waals surface area contributed by atoms with Gasteiger partial charge in [0.15, 0.2) is 11.5 Å². The van der Waals surface area contributed by atoms with Gasteiger partial charge < -0.3 is 19.7 Å². The SMILES string of the molecule is CO[C@@]12C=C[C@@]3(C[C@@H]1[C@](C)(O)C(C)(C)C)[C@H]1Cc4ccc(O)c5c4[C@@]3(CCN1CC1CC1)[C@H]2O5. The van der Waals surface area contributed by atoms with E-state index in [1.54, 1.807) is 7.11 Å². The second-order valence-electron chi connectivity index (χ2n) is 13.4. The van der Waals surface area contributed by atoms with Crippen LogP contribution in [0.25, 0.3) is 0 Å². The van der Waals surface area contributed by atoms with E-state index in [4.69, 9.17) is 9.47 Å². The summed E-state index contributed by atoms with van der Waals surface area (Å²) in [5, 5.41) is 23.1. The van der Waals surface area contributed by atoms with E-state index in [-0.39, 0.29) is 34.0 Å². The zero-order valence-corrected chi connectivity index (χ0v) is 21.2. The van der Waals surface area contributed by atoms with Crippen LogP contribution in [0.4, 0.5) is 0 Å². The maximum atomic E-state index is 12.2. The highest BCUT2D eigenvalue weighted by atomic mass is 16.6. The second kappa shape index (κ2) is 6.22. The van der Waals surface area contributed by atoms with E-state index < -0.39 is 11.2 Å². The van der Waals surface area contributed by atoms with Crippen LogP contribution < -0.4 is 4.74 Å². The summed E-state index contributed by atoms with van der Waals surface area (Å²) in [7, 11) is 1.78. The number of benzene rings is 1. The number of fused-ring (bicyclic) bond motifs is 1. The average Bonchev–Trinajstić information content (AvgIpc) is 3.53. The molecular weight excluding hydrogens is 426 g/mol. The van der Waals surface area contributed by atoms with Crippen molar-refractivity contribution >= 4 is 0 Å². The van der Waals surface area contributed by atoms with Crippen LogP contribution in [-0.2, 0) is 16.6 Å². The van der Waals surface area contributed by atoms with Gasteiger partial charge in [-0.2, -0.15) is 0 Å². The zero-order valence-electron chi connectivity index (χ0n) is 21.2. The van der Waals surface area contributed by atoms with Crippen molar-refractivity contribution < 1.29 is 19.7 Å². The summed E-state index contributed by atoms with van der Waals surface area (Å²) in [6.45, 7) is 10.6. The van der Waals surface area contributed by atoms with E-state index in [9.17, 15) is 10.2 Å². The van der Waals surface area contributed by atoms with Gasteiger partial charge in [-0.05, 0) is 68.5 Å². The number of piperidine rings is 1. The third-order valence-corrected chi connectivity index (χ3v) is 11.3. The summed E-state index contributed by atoms with van der Waals surface area (Å²) in [5.74, 6) is 1.62. The van der Waals surface area contributed by atoms with Gasteiger partial charge in [-0.1, -0.05) is 39.0 Å². The predicted molar refractivity (Wildman–Crippen MR) is 130 cm³/mol. The number of methoxy groups -OCH3 is 1. The summed E-state index contributed by atoms with van der Waals surface area (Å²) in [6, 6.07) is 4.33. The van der Waals surface area contributed by atoms with Crippen LogP contribution in [0, 0.1) is 22.7 Å². The van der Waals surface area contributed by atoms with Crippen molar-refractivity contribution in [2.24, 2.45) is 22.7 Å². The molecule has 34 heavy (non-hydrogen) atoms. The molecule has 184 valence electrons. The molecule has 2 spiro atoms. The van der Waals surface area contributed by atoms with Crippen molar-refractivity contribution in [3.63, 3.8) is 0 Å². The molecule has 0 aromatic heterocycles. The average molecular weight is 466 g/mol. The molecule has 5 heteroatoms. The minimum Gasteiger partial charge on any atom is -0.504 e. The van der Waals surface area contributed by atoms with Gasteiger partial charge >= 0.3 is 0 Å². The van der Waals surface area contributed by atoms with Gasteiger partial charge in [0, 0.05) is 36.6 Å². The minimum atomic E-state index is -0.960. The van der Waals surface area contributed by atoms with Gasteiger partial charge in [0.05, 0.1) is 11.0 Å². The number of aliphatic hydroxyl groups is 1. The van der Waals surface area contributed by atoms with Gasteiger partial charge in [0.25, 0.3) is 0 Å². The first-order valence-electron chi connectivity index (χ1n) is 13.3. The molecule has 5 aliphatic carbocycles. The number of phenols is 1. The van der Waals surface area contributed by atoms with E-state index in [1.165, 1.54) is 30.5 Å². The lowest BCUT2D eigenvalue weighted by molar-refractivity contribution is -0.263. The van der Waals surface area contributed by atoms with Crippen LogP contribution >= 0.6 is 0 Å². The Hall–Kier alpha value is -1.56. The summed E-state index contributed by atoms with van der Waals surface area (Å²) < 4.78 is 13.3. The van der Waals surface area contributed by atoms with Gasteiger partial charge in [0.2, 0.25) is 0 Å². The first-order valence-corrected chi connectivity index (χ1v) is 13.3. The Kier molecular flexibility index (Phi) is 3.97. The highest BCUT2D eigenvalue weighted by molar-refractivity contribution is 5.65. The van der Waals surface area contributed by atoms with Crippen LogP contribution in [0.2, 0.25) is 0 Å². The molecule has 2 N–H and O–H groups in total. The largest absolute Gasteiger partial charge is 0.504 e. The molecule has 4 bridgehead atoms. The molecule has 0 amide bonds. The molecule has 0 unspecified atom stereocenters. The van der Waals surface area contributed by atoms with E-state index in [2.05, 4.69) is 43.9 Å². The highest BCUT2D eigenvalue weighted by Gasteiger charge is 2.81. The normalized spacial score (nSPS) is 43.4.